The van der Waals surface area contributed by atoms with Crippen molar-refractivity contribution in [2.24, 2.45) is 0 Å². The largest absolute Gasteiger partial charge is 0.417 e. The number of hydrogen-bond acceptors (Lipinski definition) is 5. The van der Waals surface area contributed by atoms with E-state index in [1.807, 2.05) is 61.5 Å². The lowest BCUT2D eigenvalue weighted by Crippen LogP contribution is -2.46. The highest BCUT2D eigenvalue weighted by Gasteiger charge is 2.36. The van der Waals surface area contributed by atoms with Crippen LogP contribution in [0.3, 0.4) is 0 Å². The van der Waals surface area contributed by atoms with Crippen LogP contribution in [0, 0.1) is 6.92 Å². The van der Waals surface area contributed by atoms with Crippen molar-refractivity contribution < 1.29 is 18.0 Å². The Kier molecular flexibility index (Phi) is 7.58. The second-order valence-electron chi connectivity index (χ2n) is 11.6. The number of aromatic nitrogens is 6. The first-order valence-corrected chi connectivity index (χ1v) is 15.6. The van der Waals surface area contributed by atoms with E-state index in [1.165, 1.54) is 21.8 Å². The minimum absolute atomic E-state index is 0.00492. The van der Waals surface area contributed by atoms with Crippen molar-refractivity contribution in [1.29, 1.82) is 0 Å². The van der Waals surface area contributed by atoms with Gasteiger partial charge in [0.1, 0.15) is 5.65 Å². The van der Waals surface area contributed by atoms with Gasteiger partial charge in [0.15, 0.2) is 0 Å². The van der Waals surface area contributed by atoms with Crippen LogP contribution in [-0.2, 0) is 25.6 Å². The van der Waals surface area contributed by atoms with Gasteiger partial charge in [-0.25, -0.2) is 4.52 Å². The molecule has 0 saturated heterocycles. The summed E-state index contributed by atoms with van der Waals surface area (Å²) in [6, 6.07) is 20.1. The monoisotopic (exact) mass is 701 g/mol. The zero-order valence-electron chi connectivity index (χ0n) is 25.2. The molecular formula is C34H27BrF3N7O2. The van der Waals surface area contributed by atoms with E-state index in [-0.39, 0.29) is 28.6 Å². The molecule has 0 spiro atoms. The smallest absolute Gasteiger partial charge is 0.330 e. The summed E-state index contributed by atoms with van der Waals surface area (Å²) in [7, 11) is 0. The second kappa shape index (κ2) is 11.6. The van der Waals surface area contributed by atoms with Crippen LogP contribution in [0.4, 0.5) is 13.2 Å². The molecule has 1 aliphatic heterocycles. The standard InChI is InChI=1S/C34H27BrF3N7O2/c1-20-17-40-45(41-20)26-11-9-25(10-12-26)43-31-24(15-22-6-4-3-5-7-22)18-39-44(31)30-19-42(21(2)14-27(30)33(43)47)32(46)23-8-13-29(35)28(16-23)34(36,37)38/h3-13,16-18,21H,14-15,19H2,1-2H3/t21-/m0/s1. The van der Waals surface area contributed by atoms with Gasteiger partial charge in [-0.2, -0.15) is 33.3 Å². The number of carbonyl (C=O) groups excluding carboxylic acids is 1. The van der Waals surface area contributed by atoms with E-state index < -0.39 is 23.7 Å². The number of rotatable bonds is 5. The zero-order chi connectivity index (χ0) is 33.0. The molecule has 0 N–H and O–H groups in total. The number of nitrogens with zero attached hydrogens (tertiary/aromatic N) is 7. The Morgan fingerprint density at radius 1 is 0.979 bits per heavy atom. The molecule has 1 amide bonds. The number of alkyl halides is 3. The average Bonchev–Trinajstić information content (AvgIpc) is 3.67. The lowest BCUT2D eigenvalue weighted by Gasteiger charge is -2.35. The van der Waals surface area contributed by atoms with Gasteiger partial charge in [-0.15, -0.1) is 0 Å². The predicted octanol–water partition coefficient (Wildman–Crippen LogP) is 6.33. The molecule has 0 radical (unpaired) electrons. The summed E-state index contributed by atoms with van der Waals surface area (Å²) in [5.41, 5.74) is 4.23. The fourth-order valence-corrected chi connectivity index (χ4v) is 6.55. The van der Waals surface area contributed by atoms with E-state index >= 15 is 0 Å². The van der Waals surface area contributed by atoms with E-state index in [1.54, 1.807) is 28.4 Å². The number of carbonyl (C=O) groups is 1. The first-order valence-electron chi connectivity index (χ1n) is 14.8. The summed E-state index contributed by atoms with van der Waals surface area (Å²) in [6.45, 7) is 3.63. The number of amides is 1. The molecule has 1 aliphatic rings. The number of aryl methyl sites for hydroxylation is 1. The Morgan fingerprint density at radius 2 is 1.70 bits per heavy atom. The first kappa shape index (κ1) is 30.6. The molecule has 3 aromatic carbocycles. The van der Waals surface area contributed by atoms with Crippen LogP contribution in [0.15, 0.2) is 94.5 Å². The second-order valence-corrected chi connectivity index (χ2v) is 12.5. The third kappa shape index (κ3) is 5.54. The molecule has 0 saturated carbocycles. The molecule has 13 heteroatoms. The van der Waals surface area contributed by atoms with Gasteiger partial charge in [0.2, 0.25) is 0 Å². The highest BCUT2D eigenvalue weighted by Crippen LogP contribution is 2.36. The highest BCUT2D eigenvalue weighted by atomic mass is 79.9. The SMILES string of the molecule is Cc1cnn(-c2ccc(-n3c(=O)c4c(n5ncc(Cc6ccccc6)c35)CN(C(=O)c3ccc(Br)c(C(F)(F)F)c3)[C@@H](C)C4)cc2)n1. The molecule has 0 aliphatic carbocycles. The van der Waals surface area contributed by atoms with Crippen LogP contribution in [0.2, 0.25) is 0 Å². The summed E-state index contributed by atoms with van der Waals surface area (Å²) < 4.78 is 44.2. The summed E-state index contributed by atoms with van der Waals surface area (Å²) in [5, 5.41) is 13.4. The van der Waals surface area contributed by atoms with Gasteiger partial charge in [0, 0.05) is 33.6 Å². The number of fused-ring (bicyclic) bond motifs is 3. The minimum atomic E-state index is -4.64. The topological polar surface area (TPSA) is 90.3 Å². The summed E-state index contributed by atoms with van der Waals surface area (Å²) in [4.78, 5) is 31.2. The van der Waals surface area contributed by atoms with Gasteiger partial charge in [0.05, 0.1) is 47.3 Å². The third-order valence-corrected chi connectivity index (χ3v) is 9.10. The van der Waals surface area contributed by atoms with Crippen molar-refractivity contribution in [2.45, 2.75) is 45.5 Å². The molecule has 1 atom stereocenters. The first-order chi connectivity index (χ1) is 22.5. The van der Waals surface area contributed by atoms with Gasteiger partial charge < -0.3 is 4.90 Å². The Bertz CT molecular complexity index is 2210. The van der Waals surface area contributed by atoms with Crippen molar-refractivity contribution in [3.05, 3.63) is 139 Å². The molecule has 238 valence electrons. The van der Waals surface area contributed by atoms with Gasteiger partial charge in [-0.3, -0.25) is 14.2 Å². The maximum atomic E-state index is 14.4. The van der Waals surface area contributed by atoms with Crippen LogP contribution in [-0.4, -0.2) is 46.0 Å². The van der Waals surface area contributed by atoms with Crippen molar-refractivity contribution in [3.8, 4) is 11.4 Å². The molecule has 0 bridgehead atoms. The molecule has 3 aromatic heterocycles. The predicted molar refractivity (Wildman–Crippen MR) is 172 cm³/mol. The number of hydrogen-bond donors (Lipinski definition) is 0. The summed E-state index contributed by atoms with van der Waals surface area (Å²) in [6.07, 6.45) is -0.564. The maximum Gasteiger partial charge on any atom is 0.417 e. The molecule has 9 nitrogen and oxygen atoms in total. The minimum Gasteiger partial charge on any atom is -0.330 e. The van der Waals surface area contributed by atoms with E-state index in [4.69, 9.17) is 5.10 Å². The van der Waals surface area contributed by atoms with Crippen molar-refractivity contribution >= 4 is 27.5 Å². The van der Waals surface area contributed by atoms with E-state index in [2.05, 4.69) is 26.1 Å². The maximum absolute atomic E-state index is 14.4. The Labute approximate surface area is 275 Å². The van der Waals surface area contributed by atoms with Gasteiger partial charge in [0.25, 0.3) is 11.5 Å². The molecule has 7 rings (SSSR count). The zero-order valence-corrected chi connectivity index (χ0v) is 26.8. The van der Waals surface area contributed by atoms with Crippen LogP contribution >= 0.6 is 15.9 Å². The van der Waals surface area contributed by atoms with Crippen LogP contribution < -0.4 is 5.56 Å². The van der Waals surface area contributed by atoms with Gasteiger partial charge in [-0.05, 0) is 68.3 Å². The highest BCUT2D eigenvalue weighted by molar-refractivity contribution is 9.10. The van der Waals surface area contributed by atoms with Crippen LogP contribution in [0.1, 0.15) is 50.9 Å². The van der Waals surface area contributed by atoms with Crippen LogP contribution in [0.25, 0.3) is 17.0 Å². The molecule has 0 unspecified atom stereocenters. The summed E-state index contributed by atoms with van der Waals surface area (Å²) in [5.74, 6) is -0.562. The molecule has 47 heavy (non-hydrogen) atoms. The van der Waals surface area contributed by atoms with Gasteiger partial charge >= 0.3 is 6.18 Å². The number of halogens is 4. The lowest BCUT2D eigenvalue weighted by atomic mass is 9.97. The fraction of sp³-hybridized carbons (Fsp3) is 0.206. The van der Waals surface area contributed by atoms with E-state index in [0.717, 1.165) is 28.6 Å². The van der Waals surface area contributed by atoms with Crippen molar-refractivity contribution in [1.82, 2.24) is 34.1 Å². The quantitative estimate of drug-likeness (QED) is 0.210. The third-order valence-electron chi connectivity index (χ3n) is 8.41. The number of benzene rings is 3. The summed E-state index contributed by atoms with van der Waals surface area (Å²) >= 11 is 2.95. The van der Waals surface area contributed by atoms with Crippen molar-refractivity contribution in [3.63, 3.8) is 0 Å². The van der Waals surface area contributed by atoms with E-state index in [0.29, 0.717) is 29.0 Å². The molecular weight excluding hydrogens is 675 g/mol. The van der Waals surface area contributed by atoms with E-state index in [9.17, 15) is 22.8 Å². The lowest BCUT2D eigenvalue weighted by molar-refractivity contribution is -0.138. The molecule has 0 fully saturated rings. The van der Waals surface area contributed by atoms with Crippen molar-refractivity contribution in [2.75, 3.05) is 0 Å². The van der Waals surface area contributed by atoms with Gasteiger partial charge in [-0.1, -0.05) is 46.3 Å². The Morgan fingerprint density at radius 3 is 2.38 bits per heavy atom. The normalized spacial score (nSPS) is 14.9. The fourth-order valence-electron chi connectivity index (χ4n) is 6.08. The van der Waals surface area contributed by atoms with Crippen LogP contribution in [0.5, 0.6) is 0 Å². The average molecular weight is 703 g/mol. The molecule has 6 aromatic rings. The Balaban J connectivity index is 1.35. The Hall–Kier alpha value is -5.04. The molecule has 4 heterocycles.